The average Bonchev–Trinajstić information content (AvgIpc) is 2.38. The molecule has 0 bridgehead atoms. The normalized spacial score (nSPS) is 18.1. The lowest BCUT2D eigenvalue weighted by atomic mass is 10.0. The number of nitrogens with zero attached hydrogens (tertiary/aromatic N) is 2. The van der Waals surface area contributed by atoms with Crippen LogP contribution in [0.4, 0.5) is 4.79 Å². The zero-order valence-corrected chi connectivity index (χ0v) is 12.8. The number of hydrogen-bond donors (Lipinski definition) is 2. The van der Waals surface area contributed by atoms with Gasteiger partial charge in [0, 0.05) is 26.2 Å². The van der Waals surface area contributed by atoms with E-state index < -0.39 is 12.0 Å². The molecule has 116 valence electrons. The second-order valence-electron chi connectivity index (χ2n) is 5.80. The number of carboxylic acids is 1. The molecule has 1 fully saturated rings. The van der Waals surface area contributed by atoms with Crippen molar-refractivity contribution in [1.29, 1.82) is 0 Å². The first-order valence-electron chi connectivity index (χ1n) is 7.44. The number of aliphatic carboxylic acids is 1. The molecule has 1 heterocycles. The number of carboxylic acid groups (broad SMARTS) is 1. The van der Waals surface area contributed by atoms with E-state index in [4.69, 9.17) is 5.11 Å². The summed E-state index contributed by atoms with van der Waals surface area (Å²) in [5.41, 5.74) is 0. The predicted octanol–water partition coefficient (Wildman–Crippen LogP) is 1.22. The molecule has 0 saturated carbocycles. The van der Waals surface area contributed by atoms with Crippen LogP contribution >= 0.6 is 0 Å². The van der Waals surface area contributed by atoms with Crippen LogP contribution in [0.2, 0.25) is 0 Å². The van der Waals surface area contributed by atoms with Gasteiger partial charge in [-0.3, -0.25) is 4.90 Å². The van der Waals surface area contributed by atoms with Crippen molar-refractivity contribution >= 4 is 12.0 Å². The minimum Gasteiger partial charge on any atom is -0.480 e. The number of rotatable bonds is 6. The van der Waals surface area contributed by atoms with E-state index in [-0.39, 0.29) is 11.9 Å². The Morgan fingerprint density at radius 2 is 1.80 bits per heavy atom. The van der Waals surface area contributed by atoms with Crippen LogP contribution in [-0.2, 0) is 4.79 Å². The first-order valence-corrected chi connectivity index (χ1v) is 7.44. The summed E-state index contributed by atoms with van der Waals surface area (Å²) in [6.45, 7) is 10.2. The van der Waals surface area contributed by atoms with Crippen LogP contribution in [0.15, 0.2) is 0 Å². The van der Waals surface area contributed by atoms with Crippen LogP contribution in [0.1, 0.15) is 33.6 Å². The van der Waals surface area contributed by atoms with Crippen LogP contribution in [0.5, 0.6) is 0 Å². The fourth-order valence-corrected chi connectivity index (χ4v) is 2.42. The molecular weight excluding hydrogens is 258 g/mol. The summed E-state index contributed by atoms with van der Waals surface area (Å²) >= 11 is 0. The van der Waals surface area contributed by atoms with Crippen molar-refractivity contribution in [2.45, 2.75) is 39.7 Å². The number of amides is 2. The number of nitrogens with one attached hydrogen (secondary N) is 1. The zero-order valence-electron chi connectivity index (χ0n) is 12.8. The van der Waals surface area contributed by atoms with Crippen LogP contribution in [0.25, 0.3) is 0 Å². The Balaban J connectivity index is 2.43. The SMILES string of the molecule is CCCN1CCN(C(=O)N[C@@H](CC(C)C)C(=O)O)CC1. The first kappa shape index (κ1) is 16.8. The first-order chi connectivity index (χ1) is 9.43. The van der Waals surface area contributed by atoms with Gasteiger partial charge in [0.05, 0.1) is 0 Å². The largest absolute Gasteiger partial charge is 0.480 e. The minimum absolute atomic E-state index is 0.234. The van der Waals surface area contributed by atoms with Gasteiger partial charge in [-0.05, 0) is 25.3 Å². The van der Waals surface area contributed by atoms with Gasteiger partial charge in [-0.2, -0.15) is 0 Å². The van der Waals surface area contributed by atoms with E-state index in [2.05, 4.69) is 17.1 Å². The highest BCUT2D eigenvalue weighted by molar-refractivity contribution is 5.82. The summed E-state index contributed by atoms with van der Waals surface area (Å²) in [6, 6.07) is -1.05. The molecule has 20 heavy (non-hydrogen) atoms. The zero-order chi connectivity index (χ0) is 15.1. The Morgan fingerprint density at radius 1 is 1.20 bits per heavy atom. The van der Waals surface area contributed by atoms with E-state index >= 15 is 0 Å². The molecule has 0 unspecified atom stereocenters. The van der Waals surface area contributed by atoms with E-state index in [9.17, 15) is 9.59 Å². The lowest BCUT2D eigenvalue weighted by Gasteiger charge is -2.35. The Kier molecular flexibility index (Phi) is 6.78. The second-order valence-corrected chi connectivity index (χ2v) is 5.80. The number of carbonyl (C=O) groups is 2. The van der Waals surface area contributed by atoms with Crippen molar-refractivity contribution in [2.24, 2.45) is 5.92 Å². The third-order valence-corrected chi connectivity index (χ3v) is 3.50. The molecule has 0 aromatic heterocycles. The molecule has 0 aromatic rings. The van der Waals surface area contributed by atoms with Gasteiger partial charge < -0.3 is 15.3 Å². The van der Waals surface area contributed by atoms with Crippen molar-refractivity contribution in [3.8, 4) is 0 Å². The Bertz CT molecular complexity index is 326. The monoisotopic (exact) mass is 285 g/mol. The van der Waals surface area contributed by atoms with Gasteiger partial charge in [0.1, 0.15) is 6.04 Å². The molecule has 1 atom stereocenters. The van der Waals surface area contributed by atoms with E-state index in [1.165, 1.54) is 0 Å². The lowest BCUT2D eigenvalue weighted by Crippen LogP contribution is -2.54. The Morgan fingerprint density at radius 3 is 2.25 bits per heavy atom. The third kappa shape index (κ3) is 5.36. The van der Waals surface area contributed by atoms with Gasteiger partial charge >= 0.3 is 12.0 Å². The fourth-order valence-electron chi connectivity index (χ4n) is 2.42. The van der Waals surface area contributed by atoms with Gasteiger partial charge in [0.15, 0.2) is 0 Å². The highest BCUT2D eigenvalue weighted by Gasteiger charge is 2.26. The molecule has 2 N–H and O–H groups in total. The lowest BCUT2D eigenvalue weighted by molar-refractivity contribution is -0.139. The average molecular weight is 285 g/mol. The molecule has 0 aromatic carbocycles. The summed E-state index contributed by atoms with van der Waals surface area (Å²) in [5.74, 6) is -0.727. The summed E-state index contributed by atoms with van der Waals surface area (Å²) in [5, 5.41) is 11.8. The van der Waals surface area contributed by atoms with Crippen molar-refractivity contribution < 1.29 is 14.7 Å². The molecule has 2 amide bonds. The molecule has 6 heteroatoms. The van der Waals surface area contributed by atoms with Gasteiger partial charge in [0.2, 0.25) is 0 Å². The number of piperazine rings is 1. The smallest absolute Gasteiger partial charge is 0.326 e. The summed E-state index contributed by atoms with van der Waals surface area (Å²) in [4.78, 5) is 27.3. The highest BCUT2D eigenvalue weighted by Crippen LogP contribution is 2.07. The molecule has 6 nitrogen and oxygen atoms in total. The number of urea groups is 1. The Hall–Kier alpha value is -1.30. The molecule has 1 aliphatic rings. The minimum atomic E-state index is -0.961. The van der Waals surface area contributed by atoms with Gasteiger partial charge in [-0.25, -0.2) is 9.59 Å². The molecule has 0 aliphatic carbocycles. The Labute approximate surface area is 121 Å². The molecule has 1 rings (SSSR count). The topological polar surface area (TPSA) is 72.9 Å². The standard InChI is InChI=1S/C14H27N3O3/c1-4-5-16-6-8-17(9-7-16)14(20)15-12(13(18)19)10-11(2)3/h11-12H,4-10H2,1-3H3,(H,15,20)(H,18,19)/t12-/m0/s1. The van der Waals surface area contributed by atoms with Crippen molar-refractivity contribution in [3.05, 3.63) is 0 Å². The van der Waals surface area contributed by atoms with Crippen LogP contribution < -0.4 is 5.32 Å². The summed E-state index contributed by atoms with van der Waals surface area (Å²) < 4.78 is 0. The van der Waals surface area contributed by atoms with E-state index in [0.717, 1.165) is 26.1 Å². The number of carbonyl (C=O) groups excluding carboxylic acids is 1. The van der Waals surface area contributed by atoms with Crippen molar-refractivity contribution in [2.75, 3.05) is 32.7 Å². The molecule has 0 spiro atoms. The maximum Gasteiger partial charge on any atom is 0.326 e. The molecular formula is C14H27N3O3. The van der Waals surface area contributed by atoms with E-state index in [0.29, 0.717) is 19.5 Å². The summed E-state index contributed by atoms with van der Waals surface area (Å²) in [7, 11) is 0. The molecule has 1 aliphatic heterocycles. The third-order valence-electron chi connectivity index (χ3n) is 3.50. The highest BCUT2D eigenvalue weighted by atomic mass is 16.4. The quantitative estimate of drug-likeness (QED) is 0.769. The van der Waals surface area contributed by atoms with Crippen LogP contribution in [-0.4, -0.2) is 65.7 Å². The molecule has 1 saturated heterocycles. The van der Waals surface area contributed by atoms with Crippen LogP contribution in [0, 0.1) is 5.92 Å². The summed E-state index contributed by atoms with van der Waals surface area (Å²) in [6.07, 6.45) is 1.57. The van der Waals surface area contributed by atoms with Crippen molar-refractivity contribution in [1.82, 2.24) is 15.1 Å². The second kappa shape index (κ2) is 8.09. The van der Waals surface area contributed by atoms with Gasteiger partial charge in [-0.15, -0.1) is 0 Å². The molecule has 0 radical (unpaired) electrons. The maximum absolute atomic E-state index is 12.1. The van der Waals surface area contributed by atoms with E-state index in [1.807, 2.05) is 13.8 Å². The fraction of sp³-hybridized carbons (Fsp3) is 0.857. The maximum atomic E-state index is 12.1. The van der Waals surface area contributed by atoms with Crippen molar-refractivity contribution in [3.63, 3.8) is 0 Å². The van der Waals surface area contributed by atoms with Gasteiger partial charge in [0.25, 0.3) is 0 Å². The van der Waals surface area contributed by atoms with Crippen LogP contribution in [0.3, 0.4) is 0 Å². The number of hydrogen-bond acceptors (Lipinski definition) is 3. The predicted molar refractivity (Wildman–Crippen MR) is 77.7 cm³/mol. The van der Waals surface area contributed by atoms with E-state index in [1.54, 1.807) is 4.90 Å². The van der Waals surface area contributed by atoms with Gasteiger partial charge in [-0.1, -0.05) is 20.8 Å².